The van der Waals surface area contributed by atoms with E-state index < -0.39 is 10.0 Å². The molecule has 0 atom stereocenters. The van der Waals surface area contributed by atoms with Crippen molar-refractivity contribution in [3.05, 3.63) is 41.3 Å². The van der Waals surface area contributed by atoms with Gasteiger partial charge in [0.1, 0.15) is 5.76 Å². The number of benzene rings is 1. The molecule has 6 nitrogen and oxygen atoms in total. The molecule has 1 aromatic heterocycles. The van der Waals surface area contributed by atoms with Crippen molar-refractivity contribution in [2.75, 3.05) is 31.9 Å². The molecule has 2 aromatic rings. The van der Waals surface area contributed by atoms with Gasteiger partial charge in [-0.25, -0.2) is 13.4 Å². The largest absolute Gasteiger partial charge is 0.441 e. The number of aromatic nitrogens is 1. The van der Waals surface area contributed by atoms with Gasteiger partial charge in [-0.2, -0.15) is 4.31 Å². The summed E-state index contributed by atoms with van der Waals surface area (Å²) in [6.07, 6.45) is 0. The Morgan fingerprint density at radius 2 is 1.72 bits per heavy atom. The summed E-state index contributed by atoms with van der Waals surface area (Å²) < 4.78 is 31.3. The van der Waals surface area contributed by atoms with Crippen LogP contribution in [0.25, 0.3) is 11.5 Å². The molecule has 1 aliphatic heterocycles. The van der Waals surface area contributed by atoms with E-state index in [0.717, 1.165) is 17.0 Å². The van der Waals surface area contributed by atoms with Crippen LogP contribution in [-0.4, -0.2) is 54.5 Å². The van der Waals surface area contributed by atoms with Crippen molar-refractivity contribution in [2.45, 2.75) is 27.3 Å². The first-order valence-corrected chi connectivity index (χ1v) is 10.2. The Kier molecular flexibility index (Phi) is 5.27. The Morgan fingerprint density at radius 1 is 1.08 bits per heavy atom. The Labute approximate surface area is 149 Å². The summed E-state index contributed by atoms with van der Waals surface area (Å²) >= 11 is 0. The average molecular weight is 363 g/mol. The second-order valence-corrected chi connectivity index (χ2v) is 8.72. The van der Waals surface area contributed by atoms with Crippen molar-refractivity contribution in [3.8, 4) is 11.5 Å². The van der Waals surface area contributed by atoms with E-state index in [0.29, 0.717) is 38.6 Å². The van der Waals surface area contributed by atoms with Crippen LogP contribution in [0.4, 0.5) is 0 Å². The van der Waals surface area contributed by atoms with Gasteiger partial charge in [0, 0.05) is 38.3 Å². The van der Waals surface area contributed by atoms with Crippen LogP contribution in [0.3, 0.4) is 0 Å². The molecule has 1 saturated heterocycles. The third-order valence-corrected chi connectivity index (χ3v) is 6.54. The highest BCUT2D eigenvalue weighted by Gasteiger charge is 2.26. The van der Waals surface area contributed by atoms with E-state index in [9.17, 15) is 8.42 Å². The van der Waals surface area contributed by atoms with Gasteiger partial charge in [0.05, 0.1) is 11.4 Å². The van der Waals surface area contributed by atoms with E-state index >= 15 is 0 Å². The van der Waals surface area contributed by atoms with Gasteiger partial charge in [-0.3, -0.25) is 4.90 Å². The van der Waals surface area contributed by atoms with Gasteiger partial charge in [0.2, 0.25) is 15.9 Å². The normalized spacial score (nSPS) is 17.1. The summed E-state index contributed by atoms with van der Waals surface area (Å²) in [6, 6.07) is 8.11. The van der Waals surface area contributed by atoms with Crippen LogP contribution in [0, 0.1) is 13.8 Å². The number of rotatable bonds is 5. The Bertz CT molecular complexity index is 820. The minimum atomic E-state index is -3.09. The molecule has 0 saturated carbocycles. The lowest BCUT2D eigenvalue weighted by Crippen LogP contribution is -2.48. The highest BCUT2D eigenvalue weighted by molar-refractivity contribution is 7.89. The summed E-state index contributed by atoms with van der Waals surface area (Å²) in [5.74, 6) is 1.62. The van der Waals surface area contributed by atoms with Crippen molar-refractivity contribution >= 4 is 10.0 Å². The Morgan fingerprint density at radius 3 is 2.32 bits per heavy atom. The molecule has 0 unspecified atom stereocenters. The molecule has 0 N–H and O–H groups in total. The number of hydrogen-bond donors (Lipinski definition) is 0. The van der Waals surface area contributed by atoms with Crippen molar-refractivity contribution in [1.29, 1.82) is 0 Å². The fraction of sp³-hybridized carbons (Fsp3) is 0.500. The number of aryl methyl sites for hydroxylation is 2. The smallest absolute Gasteiger partial charge is 0.226 e. The molecule has 0 bridgehead atoms. The highest BCUT2D eigenvalue weighted by atomic mass is 32.2. The summed E-state index contributed by atoms with van der Waals surface area (Å²) in [7, 11) is -3.09. The third kappa shape index (κ3) is 4.11. The van der Waals surface area contributed by atoms with Gasteiger partial charge in [0.15, 0.2) is 0 Å². The highest BCUT2D eigenvalue weighted by Crippen LogP contribution is 2.23. The SMILES string of the molecule is CCS(=O)(=O)N1CCN(Cc2nc(-c3ccc(C)cc3)oc2C)CC1. The molecule has 1 aliphatic rings. The second-order valence-electron chi connectivity index (χ2n) is 6.46. The molecular weight excluding hydrogens is 338 g/mol. The molecule has 7 heteroatoms. The van der Waals surface area contributed by atoms with Crippen LogP contribution < -0.4 is 0 Å². The van der Waals surface area contributed by atoms with Crippen molar-refractivity contribution in [3.63, 3.8) is 0 Å². The van der Waals surface area contributed by atoms with Crippen LogP contribution in [0.15, 0.2) is 28.7 Å². The first-order valence-electron chi connectivity index (χ1n) is 8.62. The van der Waals surface area contributed by atoms with Crippen LogP contribution in [0.1, 0.15) is 23.9 Å². The predicted molar refractivity (Wildman–Crippen MR) is 97.7 cm³/mol. The maximum absolute atomic E-state index is 11.9. The molecule has 0 spiro atoms. The summed E-state index contributed by atoms with van der Waals surface area (Å²) in [5.41, 5.74) is 3.09. The van der Waals surface area contributed by atoms with E-state index in [1.807, 2.05) is 31.2 Å². The van der Waals surface area contributed by atoms with Crippen LogP contribution in [0.2, 0.25) is 0 Å². The molecular formula is C18H25N3O3S. The maximum Gasteiger partial charge on any atom is 0.226 e. The van der Waals surface area contributed by atoms with E-state index in [1.165, 1.54) is 5.56 Å². The van der Waals surface area contributed by atoms with Gasteiger partial charge in [-0.05, 0) is 32.9 Å². The molecule has 0 aliphatic carbocycles. The monoisotopic (exact) mass is 363 g/mol. The first kappa shape index (κ1) is 18.1. The van der Waals surface area contributed by atoms with Gasteiger partial charge >= 0.3 is 0 Å². The minimum Gasteiger partial charge on any atom is -0.441 e. The van der Waals surface area contributed by atoms with E-state index in [1.54, 1.807) is 11.2 Å². The fourth-order valence-electron chi connectivity index (χ4n) is 2.95. The van der Waals surface area contributed by atoms with E-state index in [2.05, 4.69) is 16.8 Å². The molecule has 25 heavy (non-hydrogen) atoms. The van der Waals surface area contributed by atoms with Crippen LogP contribution in [0.5, 0.6) is 0 Å². The zero-order valence-electron chi connectivity index (χ0n) is 15.0. The standard InChI is InChI=1S/C18H25N3O3S/c1-4-25(22,23)21-11-9-20(10-12-21)13-17-15(3)24-18(19-17)16-7-5-14(2)6-8-16/h5-8H,4,9-13H2,1-3H3. The first-order chi connectivity index (χ1) is 11.9. The van der Waals surface area contributed by atoms with Gasteiger partial charge in [-0.15, -0.1) is 0 Å². The second kappa shape index (κ2) is 7.27. The van der Waals surface area contributed by atoms with Crippen molar-refractivity contribution < 1.29 is 12.8 Å². The van der Waals surface area contributed by atoms with Gasteiger partial charge in [0.25, 0.3) is 0 Å². The lowest BCUT2D eigenvalue weighted by atomic mass is 10.1. The topological polar surface area (TPSA) is 66.7 Å². The van der Waals surface area contributed by atoms with E-state index in [4.69, 9.17) is 4.42 Å². The molecule has 2 heterocycles. The zero-order chi connectivity index (χ0) is 18.0. The predicted octanol–water partition coefficient (Wildman–Crippen LogP) is 2.43. The fourth-order valence-corrected chi connectivity index (χ4v) is 4.04. The molecule has 0 amide bonds. The molecule has 0 radical (unpaired) electrons. The number of nitrogens with zero attached hydrogens (tertiary/aromatic N) is 3. The average Bonchev–Trinajstić information content (AvgIpc) is 2.97. The Balaban J connectivity index is 1.66. The number of hydrogen-bond acceptors (Lipinski definition) is 5. The minimum absolute atomic E-state index is 0.162. The molecule has 1 aromatic carbocycles. The third-order valence-electron chi connectivity index (χ3n) is 4.65. The van der Waals surface area contributed by atoms with Gasteiger partial charge < -0.3 is 4.42 Å². The van der Waals surface area contributed by atoms with E-state index in [-0.39, 0.29) is 5.75 Å². The Hall–Kier alpha value is -1.70. The zero-order valence-corrected chi connectivity index (χ0v) is 15.8. The molecule has 1 fully saturated rings. The van der Waals surface area contributed by atoms with Gasteiger partial charge in [-0.1, -0.05) is 17.7 Å². The number of sulfonamides is 1. The van der Waals surface area contributed by atoms with Crippen molar-refractivity contribution in [1.82, 2.24) is 14.2 Å². The summed E-state index contributed by atoms with van der Waals surface area (Å²) in [5, 5.41) is 0. The van der Waals surface area contributed by atoms with Crippen LogP contribution in [-0.2, 0) is 16.6 Å². The number of piperazine rings is 1. The lowest BCUT2D eigenvalue weighted by molar-refractivity contribution is 0.179. The summed E-state index contributed by atoms with van der Waals surface area (Å²) in [4.78, 5) is 6.88. The maximum atomic E-state index is 11.9. The molecule has 136 valence electrons. The number of oxazole rings is 1. The molecule has 3 rings (SSSR count). The van der Waals surface area contributed by atoms with Crippen LogP contribution >= 0.6 is 0 Å². The lowest BCUT2D eigenvalue weighted by Gasteiger charge is -2.33. The quantitative estimate of drug-likeness (QED) is 0.816. The van der Waals surface area contributed by atoms with Crippen molar-refractivity contribution in [2.24, 2.45) is 0 Å². The summed E-state index contributed by atoms with van der Waals surface area (Å²) in [6.45, 7) is 8.85.